The molecule has 6 heteroatoms. The van der Waals surface area contributed by atoms with Crippen LogP contribution in [-0.2, 0) is 14.3 Å². The largest absolute Gasteiger partial charge is 0.462 e. The SMILES string of the molecule is CC\C=C/C=C/C=C/C=C\C=C\C=C\CCCCCC(=O)OC(CCCCCCCCC/C=C/CCCCCCCC)CC(=O)NC(CO)C(O)CCCCCCCCCCCCCCCCC. The first-order valence-corrected chi connectivity index (χ1v) is 28.9. The van der Waals surface area contributed by atoms with E-state index in [0.717, 1.165) is 70.6 Å². The van der Waals surface area contributed by atoms with E-state index in [0.29, 0.717) is 19.3 Å². The summed E-state index contributed by atoms with van der Waals surface area (Å²) >= 11 is 0. The number of ether oxygens (including phenoxy) is 1. The second kappa shape index (κ2) is 55.0. The molecule has 6 nitrogen and oxygen atoms in total. The van der Waals surface area contributed by atoms with Crippen molar-refractivity contribution in [2.45, 2.75) is 289 Å². The lowest BCUT2D eigenvalue weighted by molar-refractivity contribution is -0.151. The quantitative estimate of drug-likeness (QED) is 0.0244. The molecule has 0 saturated heterocycles. The van der Waals surface area contributed by atoms with Gasteiger partial charge in [0.2, 0.25) is 5.91 Å². The normalized spacial score (nSPS) is 13.8. The third-order valence-electron chi connectivity index (χ3n) is 12.9. The van der Waals surface area contributed by atoms with Gasteiger partial charge >= 0.3 is 5.97 Å². The Morgan fingerprint density at radius 2 is 0.809 bits per heavy atom. The van der Waals surface area contributed by atoms with E-state index in [9.17, 15) is 19.8 Å². The predicted molar refractivity (Wildman–Crippen MR) is 296 cm³/mol. The van der Waals surface area contributed by atoms with E-state index in [2.05, 4.69) is 62.5 Å². The van der Waals surface area contributed by atoms with E-state index in [1.807, 2.05) is 48.6 Å². The van der Waals surface area contributed by atoms with Gasteiger partial charge in [-0.3, -0.25) is 9.59 Å². The van der Waals surface area contributed by atoms with Gasteiger partial charge in [-0.15, -0.1) is 0 Å². The molecule has 0 heterocycles. The zero-order valence-corrected chi connectivity index (χ0v) is 44.7. The molecule has 0 radical (unpaired) electrons. The summed E-state index contributed by atoms with van der Waals surface area (Å²) in [5.74, 6) is -0.526. The molecule has 3 N–H and O–H groups in total. The predicted octanol–water partition coefficient (Wildman–Crippen LogP) is 17.9. The average Bonchev–Trinajstić information content (AvgIpc) is 3.33. The number of aliphatic hydroxyl groups excluding tert-OH is 2. The van der Waals surface area contributed by atoms with Gasteiger partial charge in [0.25, 0.3) is 0 Å². The maximum atomic E-state index is 13.3. The van der Waals surface area contributed by atoms with Crippen LogP contribution in [0.25, 0.3) is 0 Å². The summed E-state index contributed by atoms with van der Waals surface area (Å²) < 4.78 is 5.94. The molecule has 0 aromatic heterocycles. The van der Waals surface area contributed by atoms with Crippen LogP contribution >= 0.6 is 0 Å². The number of amides is 1. The fourth-order valence-corrected chi connectivity index (χ4v) is 8.52. The van der Waals surface area contributed by atoms with Crippen LogP contribution in [0, 0.1) is 0 Å². The summed E-state index contributed by atoms with van der Waals surface area (Å²) in [4.78, 5) is 26.3. The Hall–Kier alpha value is -2.96. The van der Waals surface area contributed by atoms with Crippen LogP contribution in [0.4, 0.5) is 0 Å². The minimum absolute atomic E-state index is 0.0533. The molecule has 1 amide bonds. The van der Waals surface area contributed by atoms with E-state index in [4.69, 9.17) is 4.74 Å². The van der Waals surface area contributed by atoms with Crippen molar-refractivity contribution >= 4 is 11.9 Å². The smallest absolute Gasteiger partial charge is 0.306 e. The molecule has 0 aliphatic rings. The van der Waals surface area contributed by atoms with Crippen LogP contribution < -0.4 is 5.32 Å². The minimum Gasteiger partial charge on any atom is -0.462 e. The van der Waals surface area contributed by atoms with Gasteiger partial charge in [-0.1, -0.05) is 273 Å². The van der Waals surface area contributed by atoms with Crippen LogP contribution in [-0.4, -0.2) is 46.9 Å². The lowest BCUT2D eigenvalue weighted by atomic mass is 10.0. The van der Waals surface area contributed by atoms with Crippen LogP contribution in [0.15, 0.2) is 85.1 Å². The third kappa shape index (κ3) is 49.5. The van der Waals surface area contributed by atoms with E-state index < -0.39 is 18.2 Å². The Balaban J connectivity index is 4.67. The summed E-state index contributed by atoms with van der Waals surface area (Å²) in [6, 6.07) is -0.718. The van der Waals surface area contributed by atoms with Crippen molar-refractivity contribution in [1.82, 2.24) is 5.32 Å². The van der Waals surface area contributed by atoms with Crippen molar-refractivity contribution in [2.24, 2.45) is 0 Å². The minimum atomic E-state index is -0.802. The van der Waals surface area contributed by atoms with Gasteiger partial charge in [0, 0.05) is 6.42 Å². The van der Waals surface area contributed by atoms with E-state index in [1.54, 1.807) is 0 Å². The summed E-state index contributed by atoms with van der Waals surface area (Å²) in [5.41, 5.74) is 0. The van der Waals surface area contributed by atoms with Gasteiger partial charge in [0.05, 0.1) is 25.2 Å². The summed E-state index contributed by atoms with van der Waals surface area (Å²) in [7, 11) is 0. The molecule has 0 fully saturated rings. The number of nitrogens with one attached hydrogen (secondary N) is 1. The molecule has 0 aromatic carbocycles. The average molecular weight is 949 g/mol. The van der Waals surface area contributed by atoms with Crippen LogP contribution in [0.1, 0.15) is 271 Å². The molecule has 392 valence electrons. The number of unbranched alkanes of at least 4 members (excludes halogenated alkanes) is 30. The molecule has 0 rings (SSSR count). The van der Waals surface area contributed by atoms with Gasteiger partial charge in [-0.2, -0.15) is 0 Å². The number of allylic oxidation sites excluding steroid dienone is 14. The molecule has 0 aromatic rings. The van der Waals surface area contributed by atoms with E-state index in [1.165, 1.54) is 154 Å². The zero-order valence-electron chi connectivity index (χ0n) is 44.7. The maximum Gasteiger partial charge on any atom is 0.306 e. The van der Waals surface area contributed by atoms with Crippen LogP contribution in [0.2, 0.25) is 0 Å². The van der Waals surface area contributed by atoms with Crippen molar-refractivity contribution < 1.29 is 24.5 Å². The molecular weight excluding hydrogens is 839 g/mol. The van der Waals surface area contributed by atoms with E-state index in [-0.39, 0.29) is 24.9 Å². The summed E-state index contributed by atoms with van der Waals surface area (Å²) in [6.45, 7) is 6.35. The highest BCUT2D eigenvalue weighted by atomic mass is 16.5. The van der Waals surface area contributed by atoms with Gasteiger partial charge < -0.3 is 20.3 Å². The van der Waals surface area contributed by atoms with Crippen LogP contribution in [0.5, 0.6) is 0 Å². The van der Waals surface area contributed by atoms with Crippen molar-refractivity contribution in [2.75, 3.05) is 6.61 Å². The third-order valence-corrected chi connectivity index (χ3v) is 12.9. The molecule has 0 bridgehead atoms. The molecule has 0 spiro atoms. The van der Waals surface area contributed by atoms with E-state index >= 15 is 0 Å². The number of rotatable bonds is 51. The lowest BCUT2D eigenvalue weighted by Crippen LogP contribution is -2.46. The molecule has 0 aliphatic carbocycles. The molecule has 0 saturated carbocycles. The number of hydrogen-bond acceptors (Lipinski definition) is 5. The summed E-state index contributed by atoms with van der Waals surface area (Å²) in [6.07, 6.45) is 72.1. The number of carbonyl (C=O) groups excluding carboxylic acids is 2. The Morgan fingerprint density at radius 1 is 0.441 bits per heavy atom. The van der Waals surface area contributed by atoms with Crippen molar-refractivity contribution in [3.8, 4) is 0 Å². The van der Waals surface area contributed by atoms with Crippen molar-refractivity contribution in [3.05, 3.63) is 85.1 Å². The zero-order chi connectivity index (χ0) is 49.5. The second-order valence-electron chi connectivity index (χ2n) is 19.5. The molecular formula is C62H109NO5. The summed E-state index contributed by atoms with van der Waals surface area (Å²) in [5, 5.41) is 23.9. The second-order valence-corrected chi connectivity index (χ2v) is 19.5. The highest BCUT2D eigenvalue weighted by Gasteiger charge is 2.24. The Kier molecular flexibility index (Phi) is 52.6. The first kappa shape index (κ1) is 65.0. The number of aliphatic hydroxyl groups is 2. The van der Waals surface area contributed by atoms with Gasteiger partial charge in [-0.05, 0) is 70.6 Å². The number of esters is 1. The van der Waals surface area contributed by atoms with Crippen molar-refractivity contribution in [1.29, 1.82) is 0 Å². The fraction of sp³-hybridized carbons (Fsp3) is 0.742. The Morgan fingerprint density at radius 3 is 1.25 bits per heavy atom. The van der Waals surface area contributed by atoms with Crippen LogP contribution in [0.3, 0.4) is 0 Å². The van der Waals surface area contributed by atoms with Gasteiger partial charge in [-0.25, -0.2) is 0 Å². The maximum absolute atomic E-state index is 13.3. The highest BCUT2D eigenvalue weighted by Crippen LogP contribution is 2.18. The first-order valence-electron chi connectivity index (χ1n) is 28.9. The topological polar surface area (TPSA) is 95.9 Å². The lowest BCUT2D eigenvalue weighted by Gasteiger charge is -2.24. The van der Waals surface area contributed by atoms with Gasteiger partial charge in [0.15, 0.2) is 0 Å². The monoisotopic (exact) mass is 948 g/mol. The fourth-order valence-electron chi connectivity index (χ4n) is 8.52. The Bertz CT molecular complexity index is 1290. The van der Waals surface area contributed by atoms with Gasteiger partial charge in [0.1, 0.15) is 6.10 Å². The van der Waals surface area contributed by atoms with Crippen molar-refractivity contribution in [3.63, 3.8) is 0 Å². The number of hydrogen-bond donors (Lipinski definition) is 3. The first-order chi connectivity index (χ1) is 33.5. The molecule has 3 atom stereocenters. The standard InChI is InChI=1S/C62H109NO5/c1-4-7-10-13-16-19-22-25-28-30-33-35-38-41-44-47-50-53-58(68-62(67)55-52-49-46-43-40-37-34-31-29-26-23-20-17-14-11-8-5-2)56-61(66)63-59(57-64)60(65)54-51-48-45-42-39-36-32-27-24-21-18-15-12-9-6-3/h8,11,14,17,20,23,25-26,28-29,31,34,37,40,58-60,64-65H,4-7,9-10,12-13,15-16,18-19,21-22,24,27,30,32-33,35-36,38-39,41-57H2,1-3H3,(H,63,66)/b11-8-,17-14+,23-20+,28-25+,29-26-,34-31+,40-37+. The highest BCUT2D eigenvalue weighted by molar-refractivity contribution is 5.77. The molecule has 68 heavy (non-hydrogen) atoms. The number of carbonyl (C=O) groups is 2. The Labute approximate surface area is 421 Å². The molecule has 0 aliphatic heterocycles. The molecule has 3 unspecified atom stereocenters.